The molecule has 160 valence electrons. The summed E-state index contributed by atoms with van der Waals surface area (Å²) in [7, 11) is 0. The van der Waals surface area contributed by atoms with E-state index in [-0.39, 0.29) is 0 Å². The third-order valence-electron chi connectivity index (χ3n) is 5.37. The molecule has 0 bridgehead atoms. The molecule has 0 aliphatic heterocycles. The highest BCUT2D eigenvalue weighted by atomic mass is 32.2. The largest absolute Gasteiger partial charge is 0.480 e. The molecule has 27 heavy (non-hydrogen) atoms. The summed E-state index contributed by atoms with van der Waals surface area (Å²) in [6, 6.07) is 0. The molecule has 0 heterocycles. The monoisotopic (exact) mass is 402 g/mol. The zero-order valence-corrected chi connectivity index (χ0v) is 18.8. The molecule has 5 heteroatoms. The first-order valence-electron chi connectivity index (χ1n) is 10.9. The minimum Gasteiger partial charge on any atom is -0.480 e. The Morgan fingerprint density at radius 3 is 1.22 bits per heavy atom. The fourth-order valence-corrected chi connectivity index (χ4v) is 5.05. The van der Waals surface area contributed by atoms with Crippen molar-refractivity contribution in [3.63, 3.8) is 0 Å². The van der Waals surface area contributed by atoms with Crippen LogP contribution in [0.2, 0.25) is 0 Å². The van der Waals surface area contributed by atoms with Crippen molar-refractivity contribution in [1.29, 1.82) is 0 Å². The minimum atomic E-state index is -1.04. The third kappa shape index (κ3) is 11.0. The molecule has 0 aromatic carbocycles. The molecule has 2 N–H and O–H groups in total. The van der Waals surface area contributed by atoms with Gasteiger partial charge in [0.1, 0.15) is 9.49 Å². The van der Waals surface area contributed by atoms with E-state index in [1.54, 1.807) is 13.8 Å². The van der Waals surface area contributed by atoms with Gasteiger partial charge >= 0.3 is 11.9 Å². The van der Waals surface area contributed by atoms with Gasteiger partial charge in [0.25, 0.3) is 0 Å². The molecule has 0 radical (unpaired) electrons. The number of thioether (sulfide) groups is 1. The maximum atomic E-state index is 11.9. The molecule has 0 amide bonds. The van der Waals surface area contributed by atoms with Crippen LogP contribution < -0.4 is 0 Å². The van der Waals surface area contributed by atoms with Gasteiger partial charge in [-0.05, 0) is 26.7 Å². The maximum absolute atomic E-state index is 11.9. The van der Waals surface area contributed by atoms with E-state index in [0.717, 1.165) is 50.3 Å². The van der Waals surface area contributed by atoms with E-state index in [0.29, 0.717) is 12.8 Å². The van der Waals surface area contributed by atoms with Crippen LogP contribution >= 0.6 is 11.8 Å². The smallest absolute Gasteiger partial charge is 0.319 e. The van der Waals surface area contributed by atoms with Gasteiger partial charge in [0, 0.05) is 0 Å². The average Bonchev–Trinajstić information content (AvgIpc) is 2.60. The van der Waals surface area contributed by atoms with Gasteiger partial charge in [-0.3, -0.25) is 9.59 Å². The van der Waals surface area contributed by atoms with Crippen molar-refractivity contribution in [2.24, 2.45) is 0 Å². The summed E-state index contributed by atoms with van der Waals surface area (Å²) in [5.74, 6) is -1.78. The van der Waals surface area contributed by atoms with Gasteiger partial charge in [-0.15, -0.1) is 11.8 Å². The molecular weight excluding hydrogens is 360 g/mol. The molecule has 0 aliphatic carbocycles. The topological polar surface area (TPSA) is 74.6 Å². The van der Waals surface area contributed by atoms with Crippen molar-refractivity contribution in [2.45, 2.75) is 127 Å². The van der Waals surface area contributed by atoms with Gasteiger partial charge < -0.3 is 10.2 Å². The summed E-state index contributed by atoms with van der Waals surface area (Å²) in [6.45, 7) is 7.76. The number of unbranched alkanes of at least 4 members (excludes halogenated alkanes) is 10. The van der Waals surface area contributed by atoms with Crippen LogP contribution in [-0.4, -0.2) is 31.6 Å². The number of rotatable bonds is 18. The van der Waals surface area contributed by atoms with Gasteiger partial charge in [-0.25, -0.2) is 0 Å². The lowest BCUT2D eigenvalue weighted by Gasteiger charge is -2.34. The predicted octanol–water partition coefficient (Wildman–Crippen LogP) is 6.91. The van der Waals surface area contributed by atoms with Crippen molar-refractivity contribution in [1.82, 2.24) is 0 Å². The number of carboxylic acid groups (broad SMARTS) is 2. The molecule has 0 fully saturated rings. The lowest BCUT2D eigenvalue weighted by molar-refractivity contribution is -0.139. The Labute approximate surface area is 170 Å². The fourth-order valence-electron chi connectivity index (χ4n) is 3.39. The predicted molar refractivity (Wildman–Crippen MR) is 116 cm³/mol. The van der Waals surface area contributed by atoms with Crippen molar-refractivity contribution >= 4 is 23.7 Å². The highest BCUT2D eigenvalue weighted by Gasteiger charge is 2.45. The van der Waals surface area contributed by atoms with E-state index >= 15 is 0 Å². The highest BCUT2D eigenvalue weighted by Crippen LogP contribution is 2.43. The number of carboxylic acids is 2. The van der Waals surface area contributed by atoms with Gasteiger partial charge in [-0.2, -0.15) is 0 Å². The zero-order chi connectivity index (χ0) is 20.8. The molecule has 0 saturated heterocycles. The summed E-state index contributed by atoms with van der Waals surface area (Å²) in [5.41, 5.74) is 0. The van der Waals surface area contributed by atoms with Crippen LogP contribution in [0.1, 0.15) is 118 Å². The van der Waals surface area contributed by atoms with Gasteiger partial charge in [0.15, 0.2) is 0 Å². The normalized spacial score (nSPS) is 15.9. The second-order valence-corrected chi connectivity index (χ2v) is 10.2. The van der Waals surface area contributed by atoms with Crippen LogP contribution in [0.3, 0.4) is 0 Å². The first-order chi connectivity index (χ1) is 12.7. The molecule has 0 aliphatic rings. The lowest BCUT2D eigenvalue weighted by atomic mass is 10.00. The van der Waals surface area contributed by atoms with E-state index in [2.05, 4.69) is 13.8 Å². The first kappa shape index (κ1) is 26.3. The van der Waals surface area contributed by atoms with E-state index in [1.165, 1.54) is 38.5 Å². The second-order valence-electron chi connectivity index (χ2n) is 8.21. The van der Waals surface area contributed by atoms with Crippen LogP contribution in [0.15, 0.2) is 0 Å². The molecule has 0 rings (SSSR count). The van der Waals surface area contributed by atoms with Gasteiger partial charge in [0.05, 0.1) is 0 Å². The SMILES string of the molecule is CCCCCCCCC(C)(SC(C)(CCCCCCCC)C(=O)O)C(=O)O. The molecule has 2 unspecified atom stereocenters. The molecule has 4 nitrogen and oxygen atoms in total. The Balaban J connectivity index is 4.65. The summed E-state index contributed by atoms with van der Waals surface area (Å²) < 4.78 is -2.08. The summed E-state index contributed by atoms with van der Waals surface area (Å²) >= 11 is 1.15. The number of hydrogen-bond donors (Lipinski definition) is 2. The lowest BCUT2D eigenvalue weighted by Crippen LogP contribution is -2.42. The number of hydrogen-bond acceptors (Lipinski definition) is 3. The first-order valence-corrected chi connectivity index (χ1v) is 11.7. The van der Waals surface area contributed by atoms with Crippen molar-refractivity contribution in [2.75, 3.05) is 0 Å². The quantitative estimate of drug-likeness (QED) is 0.244. The molecular formula is C22H42O4S. The van der Waals surface area contributed by atoms with E-state index in [4.69, 9.17) is 0 Å². The van der Waals surface area contributed by atoms with E-state index < -0.39 is 21.4 Å². The Bertz CT molecular complexity index is 389. The maximum Gasteiger partial charge on any atom is 0.319 e. The Hall–Kier alpha value is -0.710. The summed E-state index contributed by atoms with van der Waals surface area (Å²) in [5, 5.41) is 19.5. The van der Waals surface area contributed by atoms with Crippen molar-refractivity contribution < 1.29 is 19.8 Å². The van der Waals surface area contributed by atoms with E-state index in [9.17, 15) is 19.8 Å². The van der Waals surface area contributed by atoms with Crippen LogP contribution in [0.5, 0.6) is 0 Å². The third-order valence-corrected chi connectivity index (χ3v) is 7.03. The van der Waals surface area contributed by atoms with Crippen molar-refractivity contribution in [3.8, 4) is 0 Å². The van der Waals surface area contributed by atoms with Crippen LogP contribution in [0.4, 0.5) is 0 Å². The number of aliphatic carboxylic acids is 2. The van der Waals surface area contributed by atoms with Gasteiger partial charge in [0.2, 0.25) is 0 Å². The molecule has 0 spiro atoms. The standard InChI is InChI=1S/C22H42O4S/c1-5-7-9-11-13-15-17-21(3,19(23)24)27-22(4,20(25)26)18-16-14-12-10-8-6-2/h5-18H2,1-4H3,(H,23,24)(H,25,26). The van der Waals surface area contributed by atoms with Crippen LogP contribution in [-0.2, 0) is 9.59 Å². The van der Waals surface area contributed by atoms with Crippen LogP contribution in [0, 0.1) is 0 Å². The second kappa shape index (κ2) is 14.3. The molecule has 2 atom stereocenters. The Morgan fingerprint density at radius 2 is 0.926 bits per heavy atom. The summed E-state index contributed by atoms with van der Waals surface area (Å²) in [6.07, 6.45) is 14.2. The highest BCUT2D eigenvalue weighted by molar-refractivity contribution is 8.03. The molecule has 0 aromatic rings. The molecule has 0 saturated carbocycles. The van der Waals surface area contributed by atoms with Gasteiger partial charge in [-0.1, -0.05) is 90.9 Å². The zero-order valence-electron chi connectivity index (χ0n) is 18.0. The van der Waals surface area contributed by atoms with Crippen LogP contribution in [0.25, 0.3) is 0 Å². The fraction of sp³-hybridized carbons (Fsp3) is 0.909. The summed E-state index contributed by atoms with van der Waals surface area (Å²) in [4.78, 5) is 23.8. The Morgan fingerprint density at radius 1 is 0.630 bits per heavy atom. The number of carbonyl (C=O) groups is 2. The molecule has 0 aromatic heterocycles. The minimum absolute atomic E-state index is 0.526. The van der Waals surface area contributed by atoms with E-state index in [1.807, 2.05) is 0 Å². The average molecular weight is 403 g/mol. The van der Waals surface area contributed by atoms with Crippen molar-refractivity contribution in [3.05, 3.63) is 0 Å². The Kier molecular flexibility index (Phi) is 13.9.